The predicted molar refractivity (Wildman–Crippen MR) is 64.6 cm³/mol. The lowest BCUT2D eigenvalue weighted by atomic mass is 9.88. The van der Waals surface area contributed by atoms with Gasteiger partial charge in [-0.2, -0.15) is 12.6 Å². The van der Waals surface area contributed by atoms with E-state index < -0.39 is 17.8 Å². The van der Waals surface area contributed by atoms with Crippen LogP contribution in [0.1, 0.15) is 25.7 Å². The number of nitrogens with zero attached hydrogens (tertiary/aromatic N) is 2. The van der Waals surface area contributed by atoms with Gasteiger partial charge >= 0.3 is 17.8 Å². The summed E-state index contributed by atoms with van der Waals surface area (Å²) < 4.78 is 0. The van der Waals surface area contributed by atoms with Crippen LogP contribution >= 0.6 is 12.6 Å². The molecule has 2 rings (SSSR count). The molecule has 1 aliphatic heterocycles. The lowest BCUT2D eigenvalue weighted by molar-refractivity contribution is -0.143. The average Bonchev–Trinajstić information content (AvgIpc) is 2.87. The van der Waals surface area contributed by atoms with Gasteiger partial charge < -0.3 is 0 Å². The van der Waals surface area contributed by atoms with Crippen LogP contribution in [0.25, 0.3) is 0 Å². The van der Waals surface area contributed by atoms with E-state index in [0.717, 1.165) is 35.5 Å². The van der Waals surface area contributed by atoms with E-state index in [1.54, 1.807) is 0 Å². The number of urea groups is 1. The summed E-state index contributed by atoms with van der Waals surface area (Å²) in [6.45, 7) is 0.324. The summed E-state index contributed by atoms with van der Waals surface area (Å²) in [7, 11) is 1.34. The maximum Gasteiger partial charge on any atom is 0.333 e. The third-order valence-electron chi connectivity index (χ3n) is 3.74. The summed E-state index contributed by atoms with van der Waals surface area (Å²) in [5.41, 5.74) is -0.0973. The Balaban J connectivity index is 2.16. The van der Waals surface area contributed by atoms with Crippen LogP contribution in [0.4, 0.5) is 4.79 Å². The summed E-state index contributed by atoms with van der Waals surface area (Å²) in [6, 6.07) is -0.506. The number of carbonyl (C=O) groups excluding carboxylic acids is 3. The van der Waals surface area contributed by atoms with E-state index in [4.69, 9.17) is 0 Å². The Kier molecular flexibility index (Phi) is 3.16. The minimum Gasteiger partial charge on any atom is -0.263 e. The van der Waals surface area contributed by atoms with Gasteiger partial charge in [-0.3, -0.25) is 19.4 Å². The lowest BCUT2D eigenvalue weighted by Crippen LogP contribution is -2.41. The van der Waals surface area contributed by atoms with Crippen LogP contribution in [0, 0.1) is 5.41 Å². The highest BCUT2D eigenvalue weighted by molar-refractivity contribution is 7.80. The molecule has 17 heavy (non-hydrogen) atoms. The fraction of sp³-hybridized carbons (Fsp3) is 0.727. The SMILES string of the molecule is CN1C(=O)C(=O)N(CC2(CS)CCCC2)C1=O. The smallest absolute Gasteiger partial charge is 0.263 e. The molecule has 0 aromatic carbocycles. The van der Waals surface area contributed by atoms with Crippen molar-refractivity contribution in [3.8, 4) is 0 Å². The summed E-state index contributed by atoms with van der Waals surface area (Å²) in [6.07, 6.45) is 4.12. The van der Waals surface area contributed by atoms with Gasteiger partial charge in [0, 0.05) is 13.6 Å². The second kappa shape index (κ2) is 4.33. The molecule has 0 N–H and O–H groups in total. The molecule has 0 aromatic rings. The van der Waals surface area contributed by atoms with Crippen LogP contribution in [-0.2, 0) is 9.59 Å². The zero-order chi connectivity index (χ0) is 12.6. The lowest BCUT2D eigenvalue weighted by Gasteiger charge is -2.30. The summed E-state index contributed by atoms with van der Waals surface area (Å²) in [4.78, 5) is 36.8. The van der Waals surface area contributed by atoms with Crippen molar-refractivity contribution in [2.24, 2.45) is 5.41 Å². The monoisotopic (exact) mass is 256 g/mol. The molecule has 2 fully saturated rings. The first kappa shape index (κ1) is 12.4. The van der Waals surface area contributed by atoms with Gasteiger partial charge in [0.15, 0.2) is 0 Å². The molecule has 2 aliphatic rings. The highest BCUT2D eigenvalue weighted by Gasteiger charge is 2.46. The number of amides is 4. The molecule has 5 nitrogen and oxygen atoms in total. The summed E-state index contributed by atoms with van der Waals surface area (Å²) in [5, 5.41) is 0. The van der Waals surface area contributed by atoms with Crippen molar-refractivity contribution in [3.63, 3.8) is 0 Å². The molecular weight excluding hydrogens is 240 g/mol. The van der Waals surface area contributed by atoms with Crippen LogP contribution in [0.5, 0.6) is 0 Å². The number of imide groups is 2. The second-order valence-electron chi connectivity index (χ2n) is 4.90. The Labute approximate surface area is 106 Å². The second-order valence-corrected chi connectivity index (χ2v) is 5.22. The first-order chi connectivity index (χ1) is 8.01. The van der Waals surface area contributed by atoms with Crippen LogP contribution < -0.4 is 0 Å². The third kappa shape index (κ3) is 1.94. The fourth-order valence-corrected chi connectivity index (χ4v) is 3.00. The van der Waals surface area contributed by atoms with Crippen molar-refractivity contribution in [3.05, 3.63) is 0 Å². The Hall–Kier alpha value is -1.04. The molecule has 0 spiro atoms. The molecule has 1 aliphatic carbocycles. The molecule has 1 saturated heterocycles. The highest BCUT2D eigenvalue weighted by Crippen LogP contribution is 2.40. The van der Waals surface area contributed by atoms with Gasteiger partial charge in [-0.1, -0.05) is 12.8 Å². The van der Waals surface area contributed by atoms with Crippen LogP contribution in [0.3, 0.4) is 0 Å². The van der Waals surface area contributed by atoms with Crippen molar-refractivity contribution in [2.45, 2.75) is 25.7 Å². The normalized spacial score (nSPS) is 24.0. The Morgan fingerprint density at radius 2 is 1.76 bits per heavy atom. The van der Waals surface area contributed by atoms with Crippen molar-refractivity contribution in [1.82, 2.24) is 9.80 Å². The zero-order valence-electron chi connectivity index (χ0n) is 9.81. The van der Waals surface area contributed by atoms with Crippen LogP contribution in [-0.4, -0.2) is 47.0 Å². The van der Waals surface area contributed by atoms with Crippen LogP contribution in [0.15, 0.2) is 0 Å². The van der Waals surface area contributed by atoms with Crippen molar-refractivity contribution < 1.29 is 14.4 Å². The maximum atomic E-state index is 11.8. The first-order valence-corrected chi connectivity index (χ1v) is 6.38. The average molecular weight is 256 g/mol. The largest absolute Gasteiger partial charge is 0.333 e. The van der Waals surface area contributed by atoms with Crippen molar-refractivity contribution in [1.29, 1.82) is 0 Å². The number of carbonyl (C=O) groups is 3. The number of hydrogen-bond donors (Lipinski definition) is 1. The van der Waals surface area contributed by atoms with E-state index in [2.05, 4.69) is 12.6 Å². The van der Waals surface area contributed by atoms with Gasteiger partial charge in [-0.05, 0) is 24.0 Å². The Morgan fingerprint density at radius 1 is 1.18 bits per heavy atom. The number of hydrogen-bond acceptors (Lipinski definition) is 4. The number of thiol groups is 1. The van der Waals surface area contributed by atoms with Gasteiger partial charge in [-0.15, -0.1) is 0 Å². The fourth-order valence-electron chi connectivity index (χ4n) is 2.58. The van der Waals surface area contributed by atoms with E-state index >= 15 is 0 Å². The van der Waals surface area contributed by atoms with Gasteiger partial charge in [0.05, 0.1) is 0 Å². The van der Waals surface area contributed by atoms with Crippen LogP contribution in [0.2, 0.25) is 0 Å². The zero-order valence-corrected chi connectivity index (χ0v) is 10.7. The van der Waals surface area contributed by atoms with Gasteiger partial charge in [0.25, 0.3) is 0 Å². The molecule has 0 bridgehead atoms. The Bertz CT molecular complexity index is 377. The minimum atomic E-state index is -0.734. The molecule has 0 radical (unpaired) electrons. The minimum absolute atomic E-state index is 0.0973. The molecule has 0 atom stereocenters. The molecule has 4 amide bonds. The van der Waals surface area contributed by atoms with Gasteiger partial charge in [0.1, 0.15) is 0 Å². The first-order valence-electron chi connectivity index (χ1n) is 5.75. The van der Waals surface area contributed by atoms with Crippen molar-refractivity contribution in [2.75, 3.05) is 19.3 Å². The molecule has 0 unspecified atom stereocenters. The van der Waals surface area contributed by atoms with Gasteiger partial charge in [-0.25, -0.2) is 4.79 Å². The summed E-state index contributed by atoms with van der Waals surface area (Å²) in [5.74, 6) is -0.796. The quantitative estimate of drug-likeness (QED) is 0.463. The Morgan fingerprint density at radius 3 is 2.18 bits per heavy atom. The standard InChI is InChI=1S/C11H16N2O3S/c1-12-8(14)9(15)13(10(12)16)6-11(7-17)4-2-3-5-11/h17H,2-7H2,1H3. The van der Waals surface area contributed by atoms with E-state index in [-0.39, 0.29) is 5.41 Å². The van der Waals surface area contributed by atoms with Crippen molar-refractivity contribution >= 4 is 30.5 Å². The maximum absolute atomic E-state index is 11.8. The van der Waals surface area contributed by atoms with E-state index in [0.29, 0.717) is 12.3 Å². The number of likely N-dealkylation sites (N-methyl/N-ethyl adjacent to an activating group) is 1. The third-order valence-corrected chi connectivity index (χ3v) is 4.41. The highest BCUT2D eigenvalue weighted by atomic mass is 32.1. The molecule has 1 heterocycles. The van der Waals surface area contributed by atoms with E-state index in [1.165, 1.54) is 7.05 Å². The molecular formula is C11H16N2O3S. The topological polar surface area (TPSA) is 57.7 Å². The van der Waals surface area contributed by atoms with E-state index in [1.807, 2.05) is 0 Å². The molecule has 1 saturated carbocycles. The van der Waals surface area contributed by atoms with E-state index in [9.17, 15) is 14.4 Å². The molecule has 0 aromatic heterocycles. The molecule has 94 valence electrons. The van der Waals surface area contributed by atoms with Gasteiger partial charge in [0.2, 0.25) is 0 Å². The summed E-state index contributed by atoms with van der Waals surface area (Å²) >= 11 is 4.33. The predicted octanol–water partition coefficient (Wildman–Crippen LogP) is 0.897. The molecule has 6 heteroatoms. The number of rotatable bonds is 3.